The summed E-state index contributed by atoms with van der Waals surface area (Å²) < 4.78 is 24.9. The summed E-state index contributed by atoms with van der Waals surface area (Å²) in [6, 6.07) is 6.57. The topological polar surface area (TPSA) is 63.4 Å². The molecule has 2 N–H and O–H groups in total. The van der Waals surface area contributed by atoms with E-state index in [-0.39, 0.29) is 16.3 Å². The predicted molar refractivity (Wildman–Crippen MR) is 89.3 cm³/mol. The van der Waals surface area contributed by atoms with Crippen molar-refractivity contribution in [3.63, 3.8) is 0 Å². The molecule has 1 aromatic rings. The van der Waals surface area contributed by atoms with Crippen molar-refractivity contribution in [2.75, 3.05) is 18.8 Å². The van der Waals surface area contributed by atoms with E-state index < -0.39 is 9.84 Å². The zero-order valence-corrected chi connectivity index (χ0v) is 14.1. The Hall–Kier alpha value is -0.980. The molecular weight excluding hydrogens is 304 g/mol. The summed E-state index contributed by atoms with van der Waals surface area (Å²) >= 11 is 4.90. The van der Waals surface area contributed by atoms with Crippen molar-refractivity contribution >= 4 is 27.0 Å². The second-order valence-electron chi connectivity index (χ2n) is 6.11. The van der Waals surface area contributed by atoms with E-state index in [1.54, 1.807) is 24.3 Å². The number of thiocarbonyl (C=S) groups is 1. The molecule has 1 fully saturated rings. The molecule has 0 aliphatic carbocycles. The molecule has 4 nitrogen and oxygen atoms in total. The van der Waals surface area contributed by atoms with Gasteiger partial charge in [0.05, 0.1) is 10.6 Å². The highest BCUT2D eigenvalue weighted by Crippen LogP contribution is 2.28. The normalized spacial score (nSPS) is 18.8. The van der Waals surface area contributed by atoms with Gasteiger partial charge in [0.25, 0.3) is 0 Å². The molecule has 1 aliphatic heterocycles. The third-order valence-corrected chi connectivity index (χ3v) is 6.11. The highest BCUT2D eigenvalue weighted by Gasteiger charge is 2.32. The van der Waals surface area contributed by atoms with Crippen LogP contribution in [0.3, 0.4) is 0 Å². The maximum absolute atomic E-state index is 12.5. The largest absolute Gasteiger partial charge is 0.389 e. The first-order valence-electron chi connectivity index (χ1n) is 7.10. The molecule has 0 amide bonds. The molecule has 0 atom stereocenters. The molecule has 116 valence electrons. The van der Waals surface area contributed by atoms with E-state index in [1.807, 2.05) is 0 Å². The maximum Gasteiger partial charge on any atom is 0.179 e. The van der Waals surface area contributed by atoms with Gasteiger partial charge in [-0.05, 0) is 45.4 Å². The molecule has 0 bridgehead atoms. The fourth-order valence-corrected chi connectivity index (χ4v) is 4.18. The summed E-state index contributed by atoms with van der Waals surface area (Å²) in [6.45, 7) is 5.86. The molecule has 1 saturated heterocycles. The number of nitrogens with zero attached hydrogens (tertiary/aromatic N) is 1. The molecule has 0 radical (unpaired) electrons. The van der Waals surface area contributed by atoms with Crippen LogP contribution in [0.25, 0.3) is 0 Å². The lowest BCUT2D eigenvalue weighted by Crippen LogP contribution is -2.40. The SMILES string of the molecule is CC1(C)CCCN1CCS(=O)(=O)c1cccc(C(N)=S)c1. The number of nitrogens with two attached hydrogens (primary N) is 1. The minimum Gasteiger partial charge on any atom is -0.389 e. The second kappa shape index (κ2) is 6.02. The van der Waals surface area contributed by atoms with Crippen LogP contribution in [0.4, 0.5) is 0 Å². The Morgan fingerprint density at radius 3 is 2.71 bits per heavy atom. The van der Waals surface area contributed by atoms with Gasteiger partial charge in [-0.25, -0.2) is 8.42 Å². The van der Waals surface area contributed by atoms with Crippen LogP contribution in [0.2, 0.25) is 0 Å². The van der Waals surface area contributed by atoms with Gasteiger partial charge in [0.15, 0.2) is 9.84 Å². The Labute approximate surface area is 132 Å². The monoisotopic (exact) mass is 326 g/mol. The fraction of sp³-hybridized carbons (Fsp3) is 0.533. The number of likely N-dealkylation sites (tertiary alicyclic amines) is 1. The Kier molecular flexibility index (Phi) is 4.70. The summed E-state index contributed by atoms with van der Waals surface area (Å²) in [4.78, 5) is 2.76. The Morgan fingerprint density at radius 1 is 1.43 bits per heavy atom. The zero-order chi connectivity index (χ0) is 15.7. The van der Waals surface area contributed by atoms with E-state index in [0.29, 0.717) is 17.0 Å². The number of rotatable bonds is 5. The molecule has 0 aromatic heterocycles. The van der Waals surface area contributed by atoms with Crippen LogP contribution in [0, 0.1) is 0 Å². The van der Waals surface area contributed by atoms with Gasteiger partial charge in [-0.3, -0.25) is 4.90 Å². The molecule has 1 aliphatic rings. The molecule has 1 heterocycles. The number of hydrogen-bond donors (Lipinski definition) is 1. The molecule has 2 rings (SSSR count). The average molecular weight is 326 g/mol. The third kappa shape index (κ3) is 3.81. The van der Waals surface area contributed by atoms with Gasteiger partial charge < -0.3 is 5.73 Å². The van der Waals surface area contributed by atoms with Crippen LogP contribution in [-0.2, 0) is 9.84 Å². The molecule has 0 saturated carbocycles. The summed E-state index contributed by atoms with van der Waals surface area (Å²) in [5.41, 5.74) is 6.25. The van der Waals surface area contributed by atoms with Crippen molar-refractivity contribution < 1.29 is 8.42 Å². The Morgan fingerprint density at radius 2 is 2.14 bits per heavy atom. The van der Waals surface area contributed by atoms with Crippen molar-refractivity contribution in [2.24, 2.45) is 5.73 Å². The lowest BCUT2D eigenvalue weighted by atomic mass is 10.0. The van der Waals surface area contributed by atoms with Crippen LogP contribution >= 0.6 is 12.2 Å². The first-order chi connectivity index (χ1) is 9.72. The average Bonchev–Trinajstić information content (AvgIpc) is 2.75. The lowest BCUT2D eigenvalue weighted by Gasteiger charge is -2.31. The van der Waals surface area contributed by atoms with Gasteiger partial charge in [0.2, 0.25) is 0 Å². The minimum atomic E-state index is -3.31. The summed E-state index contributed by atoms with van der Waals surface area (Å²) in [5.74, 6) is 0.122. The van der Waals surface area contributed by atoms with Crippen LogP contribution in [0.5, 0.6) is 0 Å². The van der Waals surface area contributed by atoms with Crippen molar-refractivity contribution in [1.82, 2.24) is 4.90 Å². The highest BCUT2D eigenvalue weighted by atomic mass is 32.2. The van der Waals surface area contributed by atoms with Gasteiger partial charge in [0, 0.05) is 17.6 Å². The maximum atomic E-state index is 12.5. The first-order valence-corrected chi connectivity index (χ1v) is 9.16. The van der Waals surface area contributed by atoms with E-state index in [9.17, 15) is 8.42 Å². The van der Waals surface area contributed by atoms with Crippen LogP contribution in [-0.4, -0.2) is 42.7 Å². The fourth-order valence-electron chi connectivity index (χ4n) is 2.77. The van der Waals surface area contributed by atoms with Crippen LogP contribution < -0.4 is 5.73 Å². The molecule has 0 unspecified atom stereocenters. The van der Waals surface area contributed by atoms with Crippen molar-refractivity contribution in [2.45, 2.75) is 37.1 Å². The van der Waals surface area contributed by atoms with Gasteiger partial charge >= 0.3 is 0 Å². The van der Waals surface area contributed by atoms with Crippen LogP contribution in [0.1, 0.15) is 32.3 Å². The quantitative estimate of drug-likeness (QED) is 0.838. The van der Waals surface area contributed by atoms with Crippen molar-refractivity contribution in [3.8, 4) is 0 Å². The van der Waals surface area contributed by atoms with Crippen LogP contribution in [0.15, 0.2) is 29.2 Å². The van der Waals surface area contributed by atoms with Gasteiger partial charge in [-0.2, -0.15) is 0 Å². The molecule has 1 aromatic carbocycles. The Bertz CT molecular complexity index is 639. The first kappa shape index (κ1) is 16.4. The van der Waals surface area contributed by atoms with Crippen molar-refractivity contribution in [1.29, 1.82) is 0 Å². The number of benzene rings is 1. The van der Waals surface area contributed by atoms with E-state index in [2.05, 4.69) is 18.7 Å². The van der Waals surface area contributed by atoms with Gasteiger partial charge in [-0.15, -0.1) is 0 Å². The number of hydrogen-bond acceptors (Lipinski definition) is 4. The minimum absolute atomic E-state index is 0.0934. The lowest BCUT2D eigenvalue weighted by molar-refractivity contribution is 0.186. The molecular formula is C15H22N2O2S2. The highest BCUT2D eigenvalue weighted by molar-refractivity contribution is 7.91. The van der Waals surface area contributed by atoms with E-state index in [0.717, 1.165) is 19.4 Å². The van der Waals surface area contributed by atoms with Gasteiger partial charge in [-0.1, -0.05) is 24.4 Å². The van der Waals surface area contributed by atoms with E-state index in [4.69, 9.17) is 18.0 Å². The molecule has 0 spiro atoms. The smallest absolute Gasteiger partial charge is 0.179 e. The van der Waals surface area contributed by atoms with Crippen molar-refractivity contribution in [3.05, 3.63) is 29.8 Å². The number of sulfone groups is 1. The molecule has 6 heteroatoms. The zero-order valence-electron chi connectivity index (χ0n) is 12.5. The second-order valence-corrected chi connectivity index (χ2v) is 8.66. The standard InChI is InChI=1S/C15H22N2O2S2/c1-15(2)7-4-8-17(15)9-10-21(18,19)13-6-3-5-12(11-13)14(16)20/h3,5-6,11H,4,7-10H2,1-2H3,(H2,16,20). The summed E-state index contributed by atoms with van der Waals surface area (Å²) in [5, 5.41) is 0. The van der Waals surface area contributed by atoms with Gasteiger partial charge in [0.1, 0.15) is 4.99 Å². The summed E-state index contributed by atoms with van der Waals surface area (Å²) in [6.07, 6.45) is 2.24. The third-order valence-electron chi connectivity index (χ3n) is 4.18. The predicted octanol–water partition coefficient (Wildman–Crippen LogP) is 1.97. The Balaban J connectivity index is 2.12. The van der Waals surface area contributed by atoms with E-state index in [1.165, 1.54) is 0 Å². The summed E-state index contributed by atoms with van der Waals surface area (Å²) in [7, 11) is -3.31. The molecule has 21 heavy (non-hydrogen) atoms. The van der Waals surface area contributed by atoms with E-state index >= 15 is 0 Å².